The van der Waals surface area contributed by atoms with Crippen LogP contribution in [-0.2, 0) is 9.53 Å². The Morgan fingerprint density at radius 2 is 2.12 bits per heavy atom. The third kappa shape index (κ3) is 9.09. The van der Waals surface area contributed by atoms with Gasteiger partial charge in [-0.1, -0.05) is 13.3 Å². The highest BCUT2D eigenvalue weighted by Crippen LogP contribution is 2.09. The summed E-state index contributed by atoms with van der Waals surface area (Å²) in [6.07, 6.45) is 0.816. The molecule has 5 heteroatoms. The number of hydrogen-bond acceptors (Lipinski definition) is 5. The van der Waals surface area contributed by atoms with Gasteiger partial charge < -0.3 is 20.3 Å². The van der Waals surface area contributed by atoms with Crippen LogP contribution < -0.4 is 5.32 Å². The smallest absolute Gasteiger partial charge is 0.308 e. The van der Waals surface area contributed by atoms with Crippen molar-refractivity contribution >= 4 is 5.97 Å². The quantitative estimate of drug-likeness (QED) is 0.515. The monoisotopic (exact) mass is 247 g/mol. The van der Waals surface area contributed by atoms with Gasteiger partial charge in [-0.15, -0.1) is 0 Å². The number of esters is 1. The van der Waals surface area contributed by atoms with Gasteiger partial charge in [0.25, 0.3) is 0 Å². The van der Waals surface area contributed by atoms with Crippen LogP contribution in [-0.4, -0.2) is 47.6 Å². The molecule has 5 nitrogen and oxygen atoms in total. The highest BCUT2D eigenvalue weighted by Gasteiger charge is 2.19. The van der Waals surface area contributed by atoms with E-state index in [0.29, 0.717) is 19.6 Å². The van der Waals surface area contributed by atoms with Crippen LogP contribution in [0.15, 0.2) is 0 Å². The van der Waals surface area contributed by atoms with Crippen molar-refractivity contribution in [1.29, 1.82) is 0 Å². The molecule has 0 bridgehead atoms. The predicted octanol–water partition coefficient (Wildman–Crippen LogP) is 0.441. The highest BCUT2D eigenvalue weighted by atomic mass is 16.5. The lowest BCUT2D eigenvalue weighted by Gasteiger charge is -2.23. The molecular formula is C12H25NO4. The van der Waals surface area contributed by atoms with E-state index >= 15 is 0 Å². The van der Waals surface area contributed by atoms with E-state index in [1.54, 1.807) is 13.8 Å². The molecule has 3 N–H and O–H groups in total. The molecule has 0 aliphatic carbocycles. The first kappa shape index (κ1) is 16.4. The Kier molecular flexibility index (Phi) is 8.12. The summed E-state index contributed by atoms with van der Waals surface area (Å²) in [5.74, 6) is -0.401. The number of aliphatic hydroxyl groups is 2. The second-order valence-corrected chi connectivity index (χ2v) is 4.54. The molecule has 0 saturated heterocycles. The van der Waals surface area contributed by atoms with Crippen LogP contribution in [0.3, 0.4) is 0 Å². The molecule has 2 unspecified atom stereocenters. The van der Waals surface area contributed by atoms with Crippen LogP contribution in [0.25, 0.3) is 0 Å². The first-order chi connectivity index (χ1) is 7.91. The fourth-order valence-corrected chi connectivity index (χ4v) is 1.62. The highest BCUT2D eigenvalue weighted by molar-refractivity contribution is 5.69. The van der Waals surface area contributed by atoms with Crippen LogP contribution in [0, 0.1) is 0 Å². The first-order valence-corrected chi connectivity index (χ1v) is 6.18. The Morgan fingerprint density at radius 3 is 2.65 bits per heavy atom. The molecule has 102 valence electrons. The Labute approximate surface area is 103 Å². The molecule has 0 aliphatic heterocycles. The maximum absolute atomic E-state index is 11.1. The van der Waals surface area contributed by atoms with Gasteiger partial charge in [0.05, 0.1) is 24.7 Å². The Hall–Kier alpha value is -0.650. The molecule has 0 spiro atoms. The molecule has 0 aliphatic rings. The Morgan fingerprint density at radius 1 is 1.47 bits per heavy atom. The molecule has 17 heavy (non-hydrogen) atoms. The van der Waals surface area contributed by atoms with E-state index in [1.165, 1.54) is 0 Å². The van der Waals surface area contributed by atoms with Crippen molar-refractivity contribution in [3.63, 3.8) is 0 Å². The van der Waals surface area contributed by atoms with Gasteiger partial charge in [0.15, 0.2) is 0 Å². The van der Waals surface area contributed by atoms with Crippen molar-refractivity contribution < 1.29 is 19.7 Å². The fourth-order valence-electron chi connectivity index (χ4n) is 1.62. The lowest BCUT2D eigenvalue weighted by Crippen LogP contribution is -2.41. The fraction of sp³-hybridized carbons (Fsp3) is 0.917. The number of aliphatic hydroxyl groups excluding tert-OH is 1. The summed E-state index contributed by atoms with van der Waals surface area (Å²) in [6, 6.07) is 0. The third-order valence-electron chi connectivity index (χ3n) is 2.38. The van der Waals surface area contributed by atoms with Gasteiger partial charge in [0.1, 0.15) is 0 Å². The minimum atomic E-state index is -0.772. The second kappa shape index (κ2) is 8.44. The van der Waals surface area contributed by atoms with E-state index < -0.39 is 17.7 Å². The first-order valence-electron chi connectivity index (χ1n) is 6.18. The van der Waals surface area contributed by atoms with E-state index in [-0.39, 0.29) is 13.0 Å². The van der Waals surface area contributed by atoms with Crippen LogP contribution >= 0.6 is 0 Å². The Bertz CT molecular complexity index is 219. The maximum Gasteiger partial charge on any atom is 0.308 e. The van der Waals surface area contributed by atoms with Crippen molar-refractivity contribution in [3.8, 4) is 0 Å². The second-order valence-electron chi connectivity index (χ2n) is 4.54. The molecule has 0 amide bonds. The molecule has 0 radical (unpaired) electrons. The van der Waals surface area contributed by atoms with Gasteiger partial charge in [-0.2, -0.15) is 0 Å². The average molecular weight is 247 g/mol. The molecule has 0 aromatic heterocycles. The molecule has 0 rings (SSSR count). The lowest BCUT2D eigenvalue weighted by molar-refractivity contribution is -0.145. The van der Waals surface area contributed by atoms with Crippen molar-refractivity contribution in [3.05, 3.63) is 0 Å². The van der Waals surface area contributed by atoms with Crippen LogP contribution in [0.2, 0.25) is 0 Å². The van der Waals surface area contributed by atoms with E-state index in [0.717, 1.165) is 6.42 Å². The third-order valence-corrected chi connectivity index (χ3v) is 2.38. The molecule has 0 fully saturated rings. The summed E-state index contributed by atoms with van der Waals surface area (Å²) >= 11 is 0. The summed E-state index contributed by atoms with van der Waals surface area (Å²) < 4.78 is 4.72. The van der Waals surface area contributed by atoms with E-state index in [2.05, 4.69) is 5.32 Å². The normalized spacial score (nSPS) is 16.3. The van der Waals surface area contributed by atoms with Crippen LogP contribution in [0.4, 0.5) is 0 Å². The number of carbonyl (C=O) groups excluding carboxylic acids is 1. The topological polar surface area (TPSA) is 78.8 Å². The minimum absolute atomic E-state index is 0.0171. The minimum Gasteiger partial charge on any atom is -0.466 e. The van der Waals surface area contributed by atoms with E-state index in [4.69, 9.17) is 4.74 Å². The van der Waals surface area contributed by atoms with Crippen molar-refractivity contribution in [1.82, 2.24) is 5.32 Å². The lowest BCUT2D eigenvalue weighted by atomic mass is 10.0. The summed E-state index contributed by atoms with van der Waals surface area (Å²) in [4.78, 5) is 11.1. The Balaban J connectivity index is 3.70. The molecule has 0 aromatic rings. The average Bonchev–Trinajstić information content (AvgIpc) is 2.16. The van der Waals surface area contributed by atoms with Gasteiger partial charge >= 0.3 is 5.97 Å². The molecular weight excluding hydrogens is 222 g/mol. The van der Waals surface area contributed by atoms with Gasteiger partial charge in [-0.05, 0) is 20.3 Å². The number of rotatable bonds is 9. The molecule has 0 aromatic carbocycles. The van der Waals surface area contributed by atoms with E-state index in [1.807, 2.05) is 6.92 Å². The summed E-state index contributed by atoms with van der Waals surface area (Å²) in [7, 11) is 0. The number of hydrogen-bond donors (Lipinski definition) is 3. The number of nitrogens with one attached hydrogen (secondary N) is 1. The zero-order valence-corrected chi connectivity index (χ0v) is 11.0. The van der Waals surface area contributed by atoms with Crippen LogP contribution in [0.5, 0.6) is 0 Å². The van der Waals surface area contributed by atoms with Gasteiger partial charge in [-0.3, -0.25) is 4.79 Å². The van der Waals surface area contributed by atoms with Crippen LogP contribution in [0.1, 0.15) is 40.0 Å². The molecule has 2 atom stereocenters. The summed E-state index contributed by atoms with van der Waals surface area (Å²) in [5.41, 5.74) is -0.765. The van der Waals surface area contributed by atoms with Gasteiger partial charge in [0.2, 0.25) is 0 Å². The van der Waals surface area contributed by atoms with Crippen molar-refractivity contribution in [2.75, 3.05) is 19.7 Å². The van der Waals surface area contributed by atoms with Gasteiger partial charge in [0, 0.05) is 13.1 Å². The maximum atomic E-state index is 11.1. The van der Waals surface area contributed by atoms with E-state index in [9.17, 15) is 15.0 Å². The molecule has 0 heterocycles. The number of ether oxygens (including phenoxy) is 1. The van der Waals surface area contributed by atoms with Crippen molar-refractivity contribution in [2.24, 2.45) is 0 Å². The predicted molar refractivity (Wildman–Crippen MR) is 65.7 cm³/mol. The standard InChI is InChI=1S/C12H25NO4/c1-4-6-12(3,16)9-13-8-10(14)7-11(15)17-5-2/h10,13-14,16H,4-9H2,1-3H3. The summed E-state index contributed by atoms with van der Waals surface area (Å²) in [6.45, 7) is 6.49. The number of carbonyl (C=O) groups is 1. The zero-order valence-electron chi connectivity index (χ0n) is 11.0. The zero-order chi connectivity index (χ0) is 13.3. The molecule has 0 saturated carbocycles. The van der Waals surface area contributed by atoms with Crippen molar-refractivity contribution in [2.45, 2.75) is 51.7 Å². The summed E-state index contributed by atoms with van der Waals surface area (Å²) in [5, 5.41) is 22.3. The van der Waals surface area contributed by atoms with Gasteiger partial charge in [-0.25, -0.2) is 0 Å². The largest absolute Gasteiger partial charge is 0.466 e. The SMILES string of the molecule is CCCC(C)(O)CNCC(O)CC(=O)OCC.